The van der Waals surface area contributed by atoms with Gasteiger partial charge in [-0.3, -0.25) is 4.79 Å². The van der Waals surface area contributed by atoms with Crippen LogP contribution in [0.25, 0.3) is 0 Å². The van der Waals surface area contributed by atoms with Gasteiger partial charge in [0.2, 0.25) is 0 Å². The van der Waals surface area contributed by atoms with Gasteiger partial charge in [0, 0.05) is 10.6 Å². The van der Waals surface area contributed by atoms with E-state index < -0.39 is 24.0 Å². The van der Waals surface area contributed by atoms with E-state index >= 15 is 0 Å². The Kier molecular flexibility index (Phi) is 4.69. The number of benzene rings is 1. The fraction of sp³-hybridized carbons (Fsp3) is 0.333. The Morgan fingerprint density at radius 3 is 2.44 bits per heavy atom. The fourth-order valence-electron chi connectivity index (χ4n) is 1.35. The number of carbonyl (C=O) groups is 2. The van der Waals surface area contributed by atoms with Gasteiger partial charge in [0.15, 0.2) is 6.04 Å². The fourth-order valence-corrected chi connectivity index (χ4v) is 1.53. The molecular formula is C12H14ClNO4. The molecule has 1 aromatic rings. The van der Waals surface area contributed by atoms with Crippen LogP contribution < -0.4 is 5.32 Å². The summed E-state index contributed by atoms with van der Waals surface area (Å²) in [4.78, 5) is 22.6. The number of rotatable bonds is 4. The third-order valence-corrected chi connectivity index (χ3v) is 2.88. The van der Waals surface area contributed by atoms with Crippen LogP contribution in [-0.2, 0) is 4.79 Å². The van der Waals surface area contributed by atoms with Crippen molar-refractivity contribution in [3.63, 3.8) is 0 Å². The summed E-state index contributed by atoms with van der Waals surface area (Å²) >= 11 is 5.87. The van der Waals surface area contributed by atoms with Crippen molar-refractivity contribution in [2.24, 2.45) is 0 Å². The number of aliphatic carboxylic acids is 1. The van der Waals surface area contributed by atoms with E-state index in [2.05, 4.69) is 5.32 Å². The molecule has 18 heavy (non-hydrogen) atoms. The Bertz CT molecular complexity index is 473. The van der Waals surface area contributed by atoms with Gasteiger partial charge in [-0.2, -0.15) is 0 Å². The number of carboxylic acid groups (broad SMARTS) is 1. The summed E-state index contributed by atoms with van der Waals surface area (Å²) in [6, 6.07) is 3.30. The molecule has 2 unspecified atom stereocenters. The number of hydrogen-bond donors (Lipinski definition) is 3. The molecule has 98 valence electrons. The van der Waals surface area contributed by atoms with Crippen LogP contribution in [0.5, 0.6) is 0 Å². The summed E-state index contributed by atoms with van der Waals surface area (Å²) in [5.41, 5.74) is 1.07. The highest BCUT2D eigenvalue weighted by molar-refractivity contribution is 6.31. The Morgan fingerprint density at radius 2 is 2.00 bits per heavy atom. The molecule has 0 aromatic heterocycles. The first-order chi connectivity index (χ1) is 8.32. The zero-order valence-corrected chi connectivity index (χ0v) is 10.7. The van der Waals surface area contributed by atoms with E-state index in [-0.39, 0.29) is 5.56 Å². The quantitative estimate of drug-likeness (QED) is 0.768. The highest BCUT2D eigenvalue weighted by atomic mass is 35.5. The van der Waals surface area contributed by atoms with Crippen LogP contribution in [-0.4, -0.2) is 34.2 Å². The van der Waals surface area contributed by atoms with E-state index in [9.17, 15) is 14.7 Å². The molecule has 0 aliphatic rings. The molecule has 6 heteroatoms. The van der Waals surface area contributed by atoms with Crippen molar-refractivity contribution in [2.45, 2.75) is 26.0 Å². The Balaban J connectivity index is 2.87. The van der Waals surface area contributed by atoms with Gasteiger partial charge in [-0.25, -0.2) is 4.79 Å². The Labute approximate surface area is 109 Å². The average molecular weight is 272 g/mol. The molecule has 1 rings (SSSR count). The normalized spacial score (nSPS) is 13.8. The monoisotopic (exact) mass is 271 g/mol. The Morgan fingerprint density at radius 1 is 1.39 bits per heavy atom. The summed E-state index contributed by atoms with van der Waals surface area (Å²) in [6.07, 6.45) is -1.19. The van der Waals surface area contributed by atoms with E-state index in [1.807, 2.05) is 0 Å². The van der Waals surface area contributed by atoms with Gasteiger partial charge in [-0.1, -0.05) is 17.7 Å². The lowest BCUT2D eigenvalue weighted by Crippen LogP contribution is -2.47. The van der Waals surface area contributed by atoms with Gasteiger partial charge in [-0.05, 0) is 31.5 Å². The molecule has 3 N–H and O–H groups in total. The van der Waals surface area contributed by atoms with Crippen molar-refractivity contribution >= 4 is 23.5 Å². The lowest BCUT2D eigenvalue weighted by molar-refractivity contribution is -0.141. The van der Waals surface area contributed by atoms with Crippen molar-refractivity contribution in [3.05, 3.63) is 34.3 Å². The Hall–Kier alpha value is -1.59. The molecule has 5 nitrogen and oxygen atoms in total. The highest BCUT2D eigenvalue weighted by Gasteiger charge is 2.25. The van der Waals surface area contributed by atoms with Crippen LogP contribution in [0.1, 0.15) is 22.8 Å². The zero-order chi connectivity index (χ0) is 13.9. The molecule has 0 bridgehead atoms. The largest absolute Gasteiger partial charge is 0.480 e. The summed E-state index contributed by atoms with van der Waals surface area (Å²) in [5.74, 6) is -1.89. The van der Waals surface area contributed by atoms with Crippen LogP contribution in [0.3, 0.4) is 0 Å². The van der Waals surface area contributed by atoms with Gasteiger partial charge in [0.1, 0.15) is 0 Å². The first kappa shape index (κ1) is 14.5. The smallest absolute Gasteiger partial charge is 0.328 e. The number of carbonyl (C=O) groups excluding carboxylic acids is 1. The van der Waals surface area contributed by atoms with Crippen molar-refractivity contribution in [3.8, 4) is 0 Å². The van der Waals surface area contributed by atoms with E-state index in [0.717, 1.165) is 5.56 Å². The highest BCUT2D eigenvalue weighted by Crippen LogP contribution is 2.16. The molecule has 0 aliphatic heterocycles. The number of aliphatic hydroxyl groups excluding tert-OH is 1. The molecule has 2 atom stereocenters. The van der Waals surface area contributed by atoms with Crippen LogP contribution in [0.15, 0.2) is 18.2 Å². The summed E-state index contributed by atoms with van der Waals surface area (Å²) < 4.78 is 0. The molecule has 0 saturated carbocycles. The first-order valence-electron chi connectivity index (χ1n) is 5.31. The van der Waals surface area contributed by atoms with E-state index in [1.165, 1.54) is 19.1 Å². The van der Waals surface area contributed by atoms with Crippen molar-refractivity contribution in [1.29, 1.82) is 0 Å². The van der Waals surface area contributed by atoms with E-state index in [0.29, 0.717) is 5.02 Å². The predicted octanol–water partition coefficient (Wildman–Crippen LogP) is 1.21. The second-order valence-corrected chi connectivity index (χ2v) is 4.40. The molecule has 1 amide bonds. The predicted molar refractivity (Wildman–Crippen MR) is 66.8 cm³/mol. The topological polar surface area (TPSA) is 86.6 Å². The van der Waals surface area contributed by atoms with Gasteiger partial charge in [0.05, 0.1) is 6.10 Å². The third kappa shape index (κ3) is 3.45. The number of carboxylic acids is 1. The van der Waals surface area contributed by atoms with Crippen molar-refractivity contribution < 1.29 is 19.8 Å². The minimum Gasteiger partial charge on any atom is -0.480 e. The summed E-state index contributed by atoms with van der Waals surface area (Å²) in [7, 11) is 0. The first-order valence-corrected chi connectivity index (χ1v) is 5.68. The molecule has 0 heterocycles. The van der Waals surface area contributed by atoms with Gasteiger partial charge >= 0.3 is 5.97 Å². The third-order valence-electron chi connectivity index (χ3n) is 2.47. The second-order valence-electron chi connectivity index (χ2n) is 3.99. The number of amides is 1. The minimum absolute atomic E-state index is 0.248. The molecule has 0 radical (unpaired) electrons. The average Bonchev–Trinajstić information content (AvgIpc) is 2.28. The number of aliphatic hydroxyl groups is 1. The zero-order valence-electron chi connectivity index (χ0n) is 9.98. The van der Waals surface area contributed by atoms with Crippen molar-refractivity contribution in [1.82, 2.24) is 5.32 Å². The maximum atomic E-state index is 11.8. The van der Waals surface area contributed by atoms with Crippen LogP contribution in [0.2, 0.25) is 5.02 Å². The molecule has 0 saturated heterocycles. The van der Waals surface area contributed by atoms with Gasteiger partial charge in [0.25, 0.3) is 5.91 Å². The standard InChI is InChI=1S/C12H14ClNO4/c1-6-3-4-8(5-9(6)13)11(16)14-10(7(2)15)12(17)18/h3-5,7,10,15H,1-2H3,(H,14,16)(H,17,18). The molecule has 0 fully saturated rings. The van der Waals surface area contributed by atoms with Crippen LogP contribution in [0, 0.1) is 6.92 Å². The lowest BCUT2D eigenvalue weighted by Gasteiger charge is -2.17. The van der Waals surface area contributed by atoms with Gasteiger partial charge < -0.3 is 15.5 Å². The summed E-state index contributed by atoms with van der Waals surface area (Å²) in [6.45, 7) is 3.08. The maximum Gasteiger partial charge on any atom is 0.328 e. The van der Waals surface area contributed by atoms with Crippen LogP contribution >= 0.6 is 11.6 Å². The van der Waals surface area contributed by atoms with Gasteiger partial charge in [-0.15, -0.1) is 0 Å². The minimum atomic E-state index is -1.35. The lowest BCUT2D eigenvalue weighted by atomic mass is 10.1. The maximum absolute atomic E-state index is 11.8. The molecule has 1 aromatic carbocycles. The van der Waals surface area contributed by atoms with Crippen LogP contribution in [0.4, 0.5) is 0 Å². The summed E-state index contributed by atoms with van der Waals surface area (Å²) in [5, 5.41) is 20.7. The second kappa shape index (κ2) is 5.84. The number of nitrogens with one attached hydrogen (secondary N) is 1. The number of halogens is 1. The molecule has 0 spiro atoms. The molecular weight excluding hydrogens is 258 g/mol. The van der Waals surface area contributed by atoms with E-state index in [1.54, 1.807) is 13.0 Å². The SMILES string of the molecule is Cc1ccc(C(=O)NC(C(=O)O)C(C)O)cc1Cl. The van der Waals surface area contributed by atoms with E-state index in [4.69, 9.17) is 16.7 Å². The van der Waals surface area contributed by atoms with Crippen molar-refractivity contribution in [2.75, 3.05) is 0 Å². The molecule has 0 aliphatic carbocycles. The number of aryl methyl sites for hydroxylation is 1. The number of hydrogen-bond acceptors (Lipinski definition) is 3.